The number of nitrogens with zero attached hydrogens (tertiary/aromatic N) is 3. The first kappa shape index (κ1) is 13.8. The maximum absolute atomic E-state index is 12.4. The molecule has 7 nitrogen and oxygen atoms in total. The topological polar surface area (TPSA) is 84.4 Å². The van der Waals surface area contributed by atoms with Crippen LogP contribution in [0.3, 0.4) is 0 Å². The molecule has 112 valence electrons. The van der Waals surface area contributed by atoms with E-state index in [1.807, 2.05) is 0 Å². The average Bonchev–Trinajstić information content (AvgIpc) is 2.94. The summed E-state index contributed by atoms with van der Waals surface area (Å²) in [7, 11) is 0. The van der Waals surface area contributed by atoms with Crippen LogP contribution in [0.2, 0.25) is 0 Å². The second kappa shape index (κ2) is 6.07. The van der Waals surface area contributed by atoms with E-state index < -0.39 is 0 Å². The highest BCUT2D eigenvalue weighted by Crippen LogP contribution is 2.18. The molecule has 7 heteroatoms. The molecule has 2 atom stereocenters. The highest BCUT2D eigenvalue weighted by atomic mass is 16.5. The Morgan fingerprint density at radius 3 is 3.00 bits per heavy atom. The molecular weight excluding hydrogens is 272 g/mol. The Balaban J connectivity index is 1.58. The van der Waals surface area contributed by atoms with Crippen LogP contribution < -0.4 is 10.1 Å². The molecule has 3 heterocycles. The Morgan fingerprint density at radius 2 is 2.29 bits per heavy atom. The summed E-state index contributed by atoms with van der Waals surface area (Å²) in [5, 5.41) is 2.72. The summed E-state index contributed by atoms with van der Waals surface area (Å²) in [5.41, 5.74) is 0. The van der Waals surface area contributed by atoms with E-state index in [4.69, 9.17) is 4.74 Å². The first-order chi connectivity index (χ1) is 10.2. The largest absolute Gasteiger partial charge is 0.471 e. The van der Waals surface area contributed by atoms with Gasteiger partial charge in [-0.3, -0.25) is 14.6 Å². The van der Waals surface area contributed by atoms with Crippen molar-refractivity contribution >= 4 is 11.8 Å². The van der Waals surface area contributed by atoms with Crippen molar-refractivity contribution in [3.8, 4) is 5.88 Å². The third kappa shape index (κ3) is 3.29. The van der Waals surface area contributed by atoms with E-state index in [2.05, 4.69) is 15.3 Å². The maximum Gasteiger partial charge on any atom is 0.245 e. The number of aromatic nitrogens is 2. The zero-order valence-corrected chi connectivity index (χ0v) is 11.7. The van der Waals surface area contributed by atoms with Crippen LogP contribution in [0.25, 0.3) is 0 Å². The smallest absolute Gasteiger partial charge is 0.245 e. The van der Waals surface area contributed by atoms with Crippen molar-refractivity contribution in [2.24, 2.45) is 0 Å². The number of hydrogen-bond donors (Lipinski definition) is 1. The molecule has 2 amide bonds. The number of rotatable bonds is 3. The minimum atomic E-state index is -0.368. The van der Waals surface area contributed by atoms with E-state index >= 15 is 0 Å². The molecule has 0 radical (unpaired) electrons. The van der Waals surface area contributed by atoms with Crippen LogP contribution in [-0.2, 0) is 9.59 Å². The molecule has 0 bridgehead atoms. The van der Waals surface area contributed by atoms with Gasteiger partial charge in [-0.2, -0.15) is 0 Å². The van der Waals surface area contributed by atoms with Crippen molar-refractivity contribution in [2.45, 2.75) is 37.8 Å². The first-order valence-corrected chi connectivity index (χ1v) is 7.23. The predicted octanol–water partition coefficient (Wildman–Crippen LogP) is 0.125. The average molecular weight is 290 g/mol. The molecule has 3 rings (SSSR count). The minimum Gasteiger partial charge on any atom is -0.471 e. The molecule has 0 unspecified atom stereocenters. The number of carbonyl (C=O) groups excluding carboxylic acids is 2. The Labute approximate surface area is 122 Å². The van der Waals surface area contributed by atoms with Crippen LogP contribution in [0.1, 0.15) is 25.7 Å². The van der Waals surface area contributed by atoms with Gasteiger partial charge in [0.05, 0.1) is 12.7 Å². The molecule has 0 aliphatic carbocycles. The number of amides is 2. The van der Waals surface area contributed by atoms with Crippen LogP contribution in [0, 0.1) is 0 Å². The van der Waals surface area contributed by atoms with Gasteiger partial charge in [-0.15, -0.1) is 0 Å². The van der Waals surface area contributed by atoms with E-state index in [0.29, 0.717) is 31.8 Å². The zero-order valence-electron chi connectivity index (χ0n) is 11.7. The van der Waals surface area contributed by atoms with Crippen molar-refractivity contribution in [3.63, 3.8) is 0 Å². The lowest BCUT2D eigenvalue weighted by molar-refractivity contribution is -0.136. The fourth-order valence-corrected chi connectivity index (χ4v) is 2.77. The van der Waals surface area contributed by atoms with Gasteiger partial charge >= 0.3 is 0 Å². The molecule has 0 spiro atoms. The zero-order chi connectivity index (χ0) is 14.7. The van der Waals surface area contributed by atoms with Crippen LogP contribution >= 0.6 is 0 Å². The lowest BCUT2D eigenvalue weighted by Crippen LogP contribution is -2.50. The number of likely N-dealkylation sites (tertiary alicyclic amines) is 1. The first-order valence-electron chi connectivity index (χ1n) is 7.23. The quantitative estimate of drug-likeness (QED) is 0.855. The molecule has 2 aliphatic rings. The fourth-order valence-electron chi connectivity index (χ4n) is 2.77. The van der Waals surface area contributed by atoms with Crippen molar-refractivity contribution in [1.29, 1.82) is 0 Å². The van der Waals surface area contributed by atoms with Crippen LogP contribution in [-0.4, -0.2) is 51.9 Å². The van der Waals surface area contributed by atoms with E-state index in [9.17, 15) is 9.59 Å². The van der Waals surface area contributed by atoms with E-state index in [1.54, 1.807) is 23.5 Å². The summed E-state index contributed by atoms with van der Waals surface area (Å²) in [5.74, 6) is 0.428. The van der Waals surface area contributed by atoms with E-state index in [-0.39, 0.29) is 24.0 Å². The van der Waals surface area contributed by atoms with E-state index in [1.165, 1.54) is 0 Å². The molecule has 2 saturated heterocycles. The predicted molar refractivity (Wildman–Crippen MR) is 73.4 cm³/mol. The lowest BCUT2D eigenvalue weighted by atomic mass is 10.1. The number of hydrogen-bond acceptors (Lipinski definition) is 5. The van der Waals surface area contributed by atoms with E-state index in [0.717, 1.165) is 12.8 Å². The molecule has 0 aromatic carbocycles. The summed E-state index contributed by atoms with van der Waals surface area (Å²) in [6.07, 6.45) is 7.46. The summed E-state index contributed by atoms with van der Waals surface area (Å²) in [6, 6.07) is -0.368. The van der Waals surface area contributed by atoms with Gasteiger partial charge < -0.3 is 15.0 Å². The Kier molecular flexibility index (Phi) is 3.98. The normalized spacial score (nSPS) is 25.5. The third-order valence-electron chi connectivity index (χ3n) is 3.81. The highest BCUT2D eigenvalue weighted by molar-refractivity contribution is 5.90. The highest BCUT2D eigenvalue weighted by Gasteiger charge is 2.33. The van der Waals surface area contributed by atoms with Crippen molar-refractivity contribution in [2.75, 3.05) is 13.1 Å². The Hall–Kier alpha value is -2.18. The van der Waals surface area contributed by atoms with Gasteiger partial charge in [-0.1, -0.05) is 0 Å². The summed E-state index contributed by atoms with van der Waals surface area (Å²) >= 11 is 0. The Bertz CT molecular complexity index is 522. The molecule has 0 saturated carbocycles. The number of carbonyl (C=O) groups is 2. The SMILES string of the molecule is O=C1CC[C@@H](C(=O)N2CCC[C@@H](Oc3cnccn3)C2)N1. The van der Waals surface area contributed by atoms with Gasteiger partial charge in [0, 0.05) is 25.4 Å². The number of nitrogens with one attached hydrogen (secondary N) is 1. The summed E-state index contributed by atoms with van der Waals surface area (Å²) < 4.78 is 5.76. The van der Waals surface area contributed by atoms with Crippen molar-refractivity contribution < 1.29 is 14.3 Å². The number of ether oxygens (including phenoxy) is 1. The molecular formula is C14H18N4O3. The standard InChI is InChI=1S/C14H18N4O3/c19-12-4-3-11(17-12)14(20)18-7-1-2-10(9-18)21-13-8-15-5-6-16-13/h5-6,8,10-11H,1-4,7,9H2,(H,17,19)/t10-,11+/m1/s1. The molecule has 1 aromatic rings. The Morgan fingerprint density at radius 1 is 1.38 bits per heavy atom. The fraction of sp³-hybridized carbons (Fsp3) is 0.571. The minimum absolute atomic E-state index is 0.00621. The maximum atomic E-state index is 12.4. The third-order valence-corrected chi connectivity index (χ3v) is 3.81. The molecule has 2 fully saturated rings. The van der Waals surface area contributed by atoms with Gasteiger partial charge in [0.1, 0.15) is 12.1 Å². The van der Waals surface area contributed by atoms with Crippen molar-refractivity contribution in [1.82, 2.24) is 20.2 Å². The van der Waals surface area contributed by atoms with Crippen LogP contribution in [0.5, 0.6) is 5.88 Å². The molecule has 1 aromatic heterocycles. The number of piperidine rings is 1. The lowest BCUT2D eigenvalue weighted by Gasteiger charge is -2.33. The van der Waals surface area contributed by atoms with Gasteiger partial charge in [0.15, 0.2) is 0 Å². The molecule has 21 heavy (non-hydrogen) atoms. The molecule has 2 aliphatic heterocycles. The summed E-state index contributed by atoms with van der Waals surface area (Å²) in [4.78, 5) is 33.4. The second-order valence-electron chi connectivity index (χ2n) is 5.37. The monoisotopic (exact) mass is 290 g/mol. The molecule has 1 N–H and O–H groups in total. The van der Waals surface area contributed by atoms with Gasteiger partial charge in [0.25, 0.3) is 0 Å². The van der Waals surface area contributed by atoms with Gasteiger partial charge in [0.2, 0.25) is 17.7 Å². The second-order valence-corrected chi connectivity index (χ2v) is 5.37. The van der Waals surface area contributed by atoms with Crippen LogP contribution in [0.4, 0.5) is 0 Å². The van der Waals surface area contributed by atoms with Crippen molar-refractivity contribution in [3.05, 3.63) is 18.6 Å². The van der Waals surface area contributed by atoms with Gasteiger partial charge in [-0.25, -0.2) is 4.98 Å². The van der Waals surface area contributed by atoms with Gasteiger partial charge in [-0.05, 0) is 19.3 Å². The van der Waals surface area contributed by atoms with Crippen LogP contribution in [0.15, 0.2) is 18.6 Å². The summed E-state index contributed by atoms with van der Waals surface area (Å²) in [6.45, 7) is 1.24.